The lowest BCUT2D eigenvalue weighted by Gasteiger charge is -2.28. The molecule has 1 aliphatic heterocycles. The molecule has 1 fully saturated rings. The Morgan fingerprint density at radius 1 is 1.20 bits per heavy atom. The Morgan fingerprint density at radius 2 is 1.90 bits per heavy atom. The SMILES string of the molecule is Cc1ccc(OC[C@@H](O)C[NH+]2CC[NH+](C)CC2)c(C)c1. The van der Waals surface area contributed by atoms with Gasteiger partial charge in [0.05, 0.1) is 7.05 Å². The maximum atomic E-state index is 10.1. The first kappa shape index (κ1) is 15.3. The van der Waals surface area contributed by atoms with E-state index in [1.165, 1.54) is 23.6 Å². The lowest BCUT2D eigenvalue weighted by Crippen LogP contribution is -3.27. The number of aryl methyl sites for hydroxylation is 2. The van der Waals surface area contributed by atoms with Crippen molar-refractivity contribution < 1.29 is 19.6 Å². The molecule has 0 aromatic heterocycles. The molecule has 0 radical (unpaired) electrons. The molecule has 4 heteroatoms. The third-order valence-electron chi connectivity index (χ3n) is 4.10. The van der Waals surface area contributed by atoms with Crippen LogP contribution in [0.4, 0.5) is 0 Å². The van der Waals surface area contributed by atoms with Crippen LogP contribution >= 0.6 is 0 Å². The number of benzene rings is 1. The molecule has 1 aromatic carbocycles. The third kappa shape index (κ3) is 4.47. The van der Waals surface area contributed by atoms with Crippen LogP contribution < -0.4 is 14.5 Å². The van der Waals surface area contributed by atoms with Gasteiger partial charge in [-0.2, -0.15) is 0 Å². The molecule has 0 bridgehead atoms. The van der Waals surface area contributed by atoms with Gasteiger partial charge in [-0.15, -0.1) is 0 Å². The number of likely N-dealkylation sites (N-methyl/N-ethyl adjacent to an activating group) is 1. The summed E-state index contributed by atoms with van der Waals surface area (Å²) in [5.41, 5.74) is 2.37. The molecule has 3 N–H and O–H groups in total. The molecular weight excluding hydrogens is 252 g/mol. The van der Waals surface area contributed by atoms with Crippen LogP contribution in [0.25, 0.3) is 0 Å². The Balaban J connectivity index is 1.76. The van der Waals surface area contributed by atoms with Gasteiger partial charge in [0.2, 0.25) is 0 Å². The number of rotatable bonds is 5. The fourth-order valence-corrected chi connectivity index (χ4v) is 2.77. The second kappa shape index (κ2) is 7.07. The smallest absolute Gasteiger partial charge is 0.137 e. The van der Waals surface area contributed by atoms with Crippen molar-refractivity contribution in [2.45, 2.75) is 20.0 Å². The van der Waals surface area contributed by atoms with Crippen LogP contribution in [-0.2, 0) is 0 Å². The van der Waals surface area contributed by atoms with Crippen LogP contribution in [0.5, 0.6) is 5.75 Å². The highest BCUT2D eigenvalue weighted by Crippen LogP contribution is 2.18. The predicted octanol–water partition coefficient (Wildman–Crippen LogP) is -1.54. The van der Waals surface area contributed by atoms with Crippen molar-refractivity contribution in [3.05, 3.63) is 29.3 Å². The highest BCUT2D eigenvalue weighted by molar-refractivity contribution is 5.35. The number of ether oxygens (including phenoxy) is 1. The molecule has 0 aliphatic carbocycles. The number of hydrogen-bond acceptors (Lipinski definition) is 2. The summed E-state index contributed by atoms with van der Waals surface area (Å²) >= 11 is 0. The minimum atomic E-state index is -0.385. The molecule has 0 spiro atoms. The second-order valence-corrected chi connectivity index (χ2v) is 6.15. The second-order valence-electron chi connectivity index (χ2n) is 6.15. The number of aliphatic hydroxyl groups excluding tert-OH is 1. The summed E-state index contributed by atoms with van der Waals surface area (Å²) in [6.07, 6.45) is -0.385. The molecule has 0 saturated carbocycles. The topological polar surface area (TPSA) is 38.3 Å². The zero-order chi connectivity index (χ0) is 14.5. The number of nitrogens with one attached hydrogen (secondary N) is 2. The largest absolute Gasteiger partial charge is 0.490 e. The first-order chi connectivity index (χ1) is 9.54. The van der Waals surface area contributed by atoms with E-state index < -0.39 is 0 Å². The van der Waals surface area contributed by atoms with E-state index in [4.69, 9.17) is 4.74 Å². The first-order valence-corrected chi connectivity index (χ1v) is 7.57. The lowest BCUT2D eigenvalue weighted by atomic mass is 10.1. The van der Waals surface area contributed by atoms with E-state index in [0.29, 0.717) is 6.61 Å². The fourth-order valence-electron chi connectivity index (χ4n) is 2.77. The molecule has 4 nitrogen and oxygen atoms in total. The number of piperazine rings is 1. The molecule has 2 rings (SSSR count). The molecule has 1 heterocycles. The zero-order valence-electron chi connectivity index (χ0n) is 12.9. The Morgan fingerprint density at radius 3 is 2.55 bits per heavy atom. The van der Waals surface area contributed by atoms with Crippen LogP contribution in [0.15, 0.2) is 18.2 Å². The third-order valence-corrected chi connectivity index (χ3v) is 4.10. The van der Waals surface area contributed by atoms with Crippen LogP contribution in [-0.4, -0.2) is 57.6 Å². The normalized spacial score (nSPS) is 24.4. The van der Waals surface area contributed by atoms with Gasteiger partial charge >= 0.3 is 0 Å². The van der Waals surface area contributed by atoms with Crippen molar-refractivity contribution in [3.63, 3.8) is 0 Å². The van der Waals surface area contributed by atoms with E-state index in [1.54, 1.807) is 4.90 Å². The lowest BCUT2D eigenvalue weighted by molar-refractivity contribution is -1.00. The average molecular weight is 280 g/mol. The summed E-state index contributed by atoms with van der Waals surface area (Å²) in [6, 6.07) is 6.14. The van der Waals surface area contributed by atoms with Crippen molar-refractivity contribution in [3.8, 4) is 5.75 Å². The molecule has 1 atom stereocenters. The van der Waals surface area contributed by atoms with Gasteiger partial charge in [-0.1, -0.05) is 17.7 Å². The maximum absolute atomic E-state index is 10.1. The number of quaternary nitrogens is 2. The molecule has 112 valence electrons. The summed E-state index contributed by atoms with van der Waals surface area (Å²) < 4.78 is 5.75. The van der Waals surface area contributed by atoms with Gasteiger partial charge < -0.3 is 19.6 Å². The van der Waals surface area contributed by atoms with Gasteiger partial charge in [0.1, 0.15) is 51.2 Å². The Labute approximate surface area is 122 Å². The van der Waals surface area contributed by atoms with Crippen molar-refractivity contribution in [2.24, 2.45) is 0 Å². The van der Waals surface area contributed by atoms with Gasteiger partial charge in [-0.05, 0) is 25.5 Å². The minimum Gasteiger partial charge on any atom is -0.490 e. The number of aliphatic hydroxyl groups is 1. The van der Waals surface area contributed by atoms with E-state index >= 15 is 0 Å². The van der Waals surface area contributed by atoms with Crippen molar-refractivity contribution >= 4 is 0 Å². The van der Waals surface area contributed by atoms with Gasteiger partial charge in [0, 0.05) is 0 Å². The van der Waals surface area contributed by atoms with E-state index in [-0.39, 0.29) is 6.10 Å². The van der Waals surface area contributed by atoms with Crippen molar-refractivity contribution in [1.29, 1.82) is 0 Å². The summed E-state index contributed by atoms with van der Waals surface area (Å²) in [6.45, 7) is 9.97. The van der Waals surface area contributed by atoms with Gasteiger partial charge in [0.15, 0.2) is 0 Å². The maximum Gasteiger partial charge on any atom is 0.137 e. The summed E-state index contributed by atoms with van der Waals surface area (Å²) in [7, 11) is 2.23. The Hall–Kier alpha value is -1.10. The molecule has 0 unspecified atom stereocenters. The molecule has 1 aromatic rings. The minimum absolute atomic E-state index is 0.385. The summed E-state index contributed by atoms with van der Waals surface area (Å²) in [4.78, 5) is 3.09. The number of hydrogen-bond donors (Lipinski definition) is 3. The van der Waals surface area contributed by atoms with Gasteiger partial charge in [-0.25, -0.2) is 0 Å². The average Bonchev–Trinajstić information content (AvgIpc) is 2.40. The van der Waals surface area contributed by atoms with Crippen LogP contribution in [0.1, 0.15) is 11.1 Å². The van der Waals surface area contributed by atoms with Crippen LogP contribution in [0.2, 0.25) is 0 Å². The van der Waals surface area contributed by atoms with Crippen LogP contribution in [0.3, 0.4) is 0 Å². The summed E-state index contributed by atoms with van der Waals surface area (Å²) in [5, 5.41) is 10.1. The zero-order valence-corrected chi connectivity index (χ0v) is 12.9. The van der Waals surface area contributed by atoms with E-state index in [1.807, 2.05) is 19.1 Å². The fraction of sp³-hybridized carbons (Fsp3) is 0.625. The van der Waals surface area contributed by atoms with Gasteiger partial charge in [0.25, 0.3) is 0 Å². The van der Waals surface area contributed by atoms with E-state index in [2.05, 4.69) is 20.0 Å². The Bertz CT molecular complexity index is 428. The highest BCUT2D eigenvalue weighted by atomic mass is 16.5. The molecule has 1 aliphatic rings. The van der Waals surface area contributed by atoms with Crippen LogP contribution in [0, 0.1) is 13.8 Å². The Kier molecular flexibility index (Phi) is 5.40. The molecule has 20 heavy (non-hydrogen) atoms. The van der Waals surface area contributed by atoms with E-state index in [9.17, 15) is 5.11 Å². The highest BCUT2D eigenvalue weighted by Gasteiger charge is 2.22. The predicted molar refractivity (Wildman–Crippen MR) is 79.6 cm³/mol. The van der Waals surface area contributed by atoms with Crippen molar-refractivity contribution in [2.75, 3.05) is 46.4 Å². The monoisotopic (exact) mass is 280 g/mol. The quantitative estimate of drug-likeness (QED) is 0.611. The first-order valence-electron chi connectivity index (χ1n) is 7.57. The summed E-state index contributed by atoms with van der Waals surface area (Å²) in [5.74, 6) is 0.882. The molecule has 1 saturated heterocycles. The standard InChI is InChI=1S/C16H26N2O2/c1-13-4-5-16(14(2)10-13)20-12-15(19)11-18-8-6-17(3)7-9-18/h4-5,10,15,19H,6-9,11-12H2,1-3H3/p+2/t15-/m0/s1. The molecular formula is C16H28N2O2+2. The molecule has 0 amide bonds. The van der Waals surface area contributed by atoms with Gasteiger partial charge in [-0.3, -0.25) is 0 Å². The van der Waals surface area contributed by atoms with Crippen molar-refractivity contribution in [1.82, 2.24) is 0 Å². The van der Waals surface area contributed by atoms with E-state index in [0.717, 1.165) is 30.9 Å².